The molecule has 1 N–H and O–H groups in total. The number of aliphatic hydroxyl groups is 1. The first-order valence-electron chi connectivity index (χ1n) is 9.28. The van der Waals surface area contributed by atoms with Gasteiger partial charge in [-0.1, -0.05) is 49.6 Å². The quantitative estimate of drug-likeness (QED) is 0.862. The largest absolute Gasteiger partial charge is 0.460 e. The second-order valence-corrected chi connectivity index (χ2v) is 7.38. The number of benzene rings is 1. The van der Waals surface area contributed by atoms with E-state index < -0.39 is 11.6 Å². The molecule has 0 amide bonds. The zero-order valence-corrected chi connectivity index (χ0v) is 14.6. The van der Waals surface area contributed by atoms with E-state index in [2.05, 4.69) is 11.9 Å². The highest BCUT2D eigenvalue weighted by atomic mass is 16.6. The lowest BCUT2D eigenvalue weighted by Gasteiger charge is -2.38. The van der Waals surface area contributed by atoms with Gasteiger partial charge in [0.25, 0.3) is 0 Å². The molecule has 1 aliphatic carbocycles. The molecule has 2 fully saturated rings. The summed E-state index contributed by atoms with van der Waals surface area (Å²) in [5.74, 6) is -0.498. The highest BCUT2D eigenvalue weighted by Crippen LogP contribution is 2.40. The summed E-state index contributed by atoms with van der Waals surface area (Å²) in [6.45, 7) is 1.87. The summed E-state index contributed by atoms with van der Waals surface area (Å²) in [7, 11) is 2.08. The van der Waals surface area contributed by atoms with E-state index in [1.165, 1.54) is 6.42 Å². The summed E-state index contributed by atoms with van der Waals surface area (Å²) >= 11 is 0. The average molecular weight is 331 g/mol. The number of hydrogen-bond acceptors (Lipinski definition) is 4. The van der Waals surface area contributed by atoms with Crippen LogP contribution in [-0.2, 0) is 15.1 Å². The number of ether oxygens (including phenoxy) is 1. The van der Waals surface area contributed by atoms with E-state index in [0.29, 0.717) is 5.56 Å². The van der Waals surface area contributed by atoms with Crippen LogP contribution < -0.4 is 0 Å². The zero-order valence-electron chi connectivity index (χ0n) is 14.6. The van der Waals surface area contributed by atoms with Crippen molar-refractivity contribution >= 4 is 5.97 Å². The van der Waals surface area contributed by atoms with Crippen molar-refractivity contribution in [1.82, 2.24) is 4.90 Å². The first-order valence-corrected chi connectivity index (χ1v) is 9.28. The van der Waals surface area contributed by atoms with Gasteiger partial charge >= 0.3 is 5.97 Å². The Kier molecular flexibility index (Phi) is 5.57. The lowest BCUT2D eigenvalue weighted by Crippen LogP contribution is -2.47. The van der Waals surface area contributed by atoms with Crippen LogP contribution in [-0.4, -0.2) is 42.2 Å². The molecule has 1 atom stereocenters. The van der Waals surface area contributed by atoms with E-state index in [1.54, 1.807) is 0 Å². The van der Waals surface area contributed by atoms with Gasteiger partial charge in [-0.15, -0.1) is 0 Å². The molecular formula is C20H29NO3. The SMILES string of the molecule is CN1CCC(OC(=O)[C@@](O)(c2ccccc2)C2CCCCC2)CC1. The van der Waals surface area contributed by atoms with Crippen molar-refractivity contribution in [2.75, 3.05) is 20.1 Å². The summed E-state index contributed by atoms with van der Waals surface area (Å²) in [5, 5.41) is 11.5. The van der Waals surface area contributed by atoms with E-state index in [1.807, 2.05) is 30.3 Å². The molecule has 132 valence electrons. The van der Waals surface area contributed by atoms with Crippen LogP contribution >= 0.6 is 0 Å². The zero-order chi connectivity index (χ0) is 17.0. The van der Waals surface area contributed by atoms with Gasteiger partial charge in [-0.2, -0.15) is 0 Å². The van der Waals surface area contributed by atoms with Gasteiger partial charge in [-0.25, -0.2) is 4.79 Å². The predicted molar refractivity (Wildman–Crippen MR) is 93.5 cm³/mol. The van der Waals surface area contributed by atoms with Crippen LogP contribution in [0.25, 0.3) is 0 Å². The molecule has 2 aliphatic rings. The molecule has 0 radical (unpaired) electrons. The fourth-order valence-corrected chi connectivity index (χ4v) is 4.08. The molecule has 1 saturated carbocycles. The Labute approximate surface area is 144 Å². The van der Waals surface area contributed by atoms with Gasteiger partial charge in [0, 0.05) is 19.0 Å². The molecule has 24 heavy (non-hydrogen) atoms. The average Bonchev–Trinajstić information content (AvgIpc) is 2.64. The number of likely N-dealkylation sites (tertiary alicyclic amines) is 1. The van der Waals surface area contributed by atoms with Crippen LogP contribution in [0.15, 0.2) is 30.3 Å². The number of hydrogen-bond donors (Lipinski definition) is 1. The van der Waals surface area contributed by atoms with E-state index in [0.717, 1.165) is 51.6 Å². The monoisotopic (exact) mass is 331 g/mol. The third-order valence-corrected chi connectivity index (χ3v) is 5.66. The van der Waals surface area contributed by atoms with Crippen LogP contribution in [0.4, 0.5) is 0 Å². The van der Waals surface area contributed by atoms with Crippen molar-refractivity contribution in [1.29, 1.82) is 0 Å². The van der Waals surface area contributed by atoms with Crippen molar-refractivity contribution in [3.05, 3.63) is 35.9 Å². The molecule has 1 aliphatic heterocycles. The smallest absolute Gasteiger partial charge is 0.343 e. The fourth-order valence-electron chi connectivity index (χ4n) is 4.08. The van der Waals surface area contributed by atoms with Gasteiger partial charge in [0.15, 0.2) is 5.60 Å². The third-order valence-electron chi connectivity index (χ3n) is 5.66. The van der Waals surface area contributed by atoms with Crippen LogP contribution in [0.3, 0.4) is 0 Å². The summed E-state index contributed by atoms with van der Waals surface area (Å²) < 4.78 is 5.80. The lowest BCUT2D eigenvalue weighted by molar-refractivity contribution is -0.183. The highest BCUT2D eigenvalue weighted by molar-refractivity contribution is 5.81. The Morgan fingerprint density at radius 3 is 2.33 bits per heavy atom. The number of piperidine rings is 1. The maximum Gasteiger partial charge on any atom is 0.343 e. The van der Waals surface area contributed by atoms with Gasteiger partial charge in [-0.05, 0) is 38.3 Å². The molecule has 1 aromatic carbocycles. The highest BCUT2D eigenvalue weighted by Gasteiger charge is 2.47. The Morgan fingerprint density at radius 1 is 1.08 bits per heavy atom. The van der Waals surface area contributed by atoms with E-state index >= 15 is 0 Å². The number of carbonyl (C=O) groups is 1. The van der Waals surface area contributed by atoms with E-state index in [4.69, 9.17) is 4.74 Å². The molecular weight excluding hydrogens is 302 g/mol. The summed E-state index contributed by atoms with van der Waals surface area (Å²) in [4.78, 5) is 15.3. The van der Waals surface area contributed by atoms with Crippen LogP contribution in [0.1, 0.15) is 50.5 Å². The minimum Gasteiger partial charge on any atom is -0.460 e. The van der Waals surface area contributed by atoms with Crippen LogP contribution in [0.2, 0.25) is 0 Å². The molecule has 0 unspecified atom stereocenters. The van der Waals surface area contributed by atoms with Crippen molar-refractivity contribution < 1.29 is 14.6 Å². The van der Waals surface area contributed by atoms with Crippen molar-refractivity contribution in [3.63, 3.8) is 0 Å². The summed E-state index contributed by atoms with van der Waals surface area (Å²) in [5.41, 5.74) is -0.833. The van der Waals surface area contributed by atoms with Crippen LogP contribution in [0.5, 0.6) is 0 Å². The van der Waals surface area contributed by atoms with Crippen LogP contribution in [0, 0.1) is 5.92 Å². The molecule has 4 nitrogen and oxygen atoms in total. The van der Waals surface area contributed by atoms with Gasteiger partial charge in [0.1, 0.15) is 6.10 Å². The molecule has 0 spiro atoms. The molecule has 0 bridgehead atoms. The second-order valence-electron chi connectivity index (χ2n) is 7.38. The third kappa shape index (κ3) is 3.65. The first-order chi connectivity index (χ1) is 11.6. The molecule has 0 aromatic heterocycles. The Balaban J connectivity index is 1.80. The Morgan fingerprint density at radius 2 is 1.71 bits per heavy atom. The number of esters is 1. The standard InChI is InChI=1S/C20H29NO3/c1-21-14-12-18(13-15-21)24-19(22)20(23,16-8-4-2-5-9-16)17-10-6-3-7-11-17/h2,4-5,8-9,17-18,23H,3,6-7,10-15H2,1H3/t20-/m1/s1. The van der Waals surface area contributed by atoms with E-state index in [-0.39, 0.29) is 12.0 Å². The topological polar surface area (TPSA) is 49.8 Å². The number of nitrogens with zero attached hydrogens (tertiary/aromatic N) is 1. The maximum atomic E-state index is 13.0. The first kappa shape index (κ1) is 17.4. The molecule has 1 saturated heterocycles. The Bertz CT molecular complexity index is 533. The predicted octanol–water partition coefficient (Wildman–Crippen LogP) is 3.09. The minimum atomic E-state index is -1.51. The number of carbonyl (C=O) groups excluding carboxylic acids is 1. The van der Waals surface area contributed by atoms with E-state index in [9.17, 15) is 9.90 Å². The minimum absolute atomic E-state index is 0.0487. The normalized spacial score (nSPS) is 23.6. The van der Waals surface area contributed by atoms with Gasteiger partial charge in [0.05, 0.1) is 0 Å². The fraction of sp³-hybridized carbons (Fsp3) is 0.650. The Hall–Kier alpha value is -1.39. The summed E-state index contributed by atoms with van der Waals surface area (Å²) in [6, 6.07) is 9.38. The molecule has 3 rings (SSSR count). The lowest BCUT2D eigenvalue weighted by atomic mass is 9.73. The van der Waals surface area contributed by atoms with Crippen molar-refractivity contribution in [3.8, 4) is 0 Å². The van der Waals surface area contributed by atoms with Gasteiger partial charge < -0.3 is 14.7 Å². The maximum absolute atomic E-state index is 13.0. The molecule has 4 heteroatoms. The van der Waals surface area contributed by atoms with Gasteiger partial charge in [0.2, 0.25) is 0 Å². The van der Waals surface area contributed by atoms with Gasteiger partial charge in [-0.3, -0.25) is 0 Å². The van der Waals surface area contributed by atoms with Crippen molar-refractivity contribution in [2.45, 2.75) is 56.7 Å². The van der Waals surface area contributed by atoms with Crippen molar-refractivity contribution in [2.24, 2.45) is 5.92 Å². The molecule has 1 heterocycles. The molecule has 1 aromatic rings. The summed E-state index contributed by atoms with van der Waals surface area (Å²) in [6.07, 6.45) is 6.71. The second kappa shape index (κ2) is 7.66. The number of rotatable bonds is 4.